The lowest BCUT2D eigenvalue weighted by molar-refractivity contribution is 0.116. The molecule has 6 rings (SSSR count). The molecule has 0 aliphatic carbocycles. The van der Waals surface area contributed by atoms with Crippen LogP contribution in [-0.4, -0.2) is 20.8 Å². The van der Waals surface area contributed by atoms with Crippen molar-refractivity contribution in [1.82, 2.24) is 0 Å². The van der Waals surface area contributed by atoms with Gasteiger partial charge in [-0.05, 0) is 48.2 Å². The highest BCUT2D eigenvalue weighted by atomic mass is 16.5. The molecule has 0 bridgehead atoms. The number of rotatable bonds is 20. The molecular weight excluding hydrogens is 640 g/mol. The SMILES string of the molecule is COc1cc(-c2cc(=O)c3c(cc(OC)c4cc(CCCCCCCCCCCOCc5ccccc5)oc43)o2)ccc1OCc1ccccc1. The van der Waals surface area contributed by atoms with Crippen molar-refractivity contribution >= 4 is 21.9 Å². The minimum absolute atomic E-state index is 0.178. The highest BCUT2D eigenvalue weighted by Crippen LogP contribution is 2.38. The third-order valence-electron chi connectivity index (χ3n) is 9.24. The van der Waals surface area contributed by atoms with Gasteiger partial charge in [0.1, 0.15) is 34.8 Å². The van der Waals surface area contributed by atoms with Gasteiger partial charge < -0.3 is 27.8 Å². The molecule has 0 saturated heterocycles. The van der Waals surface area contributed by atoms with Gasteiger partial charge in [0.05, 0.1) is 26.2 Å². The molecule has 0 unspecified atom stereocenters. The fourth-order valence-electron chi connectivity index (χ4n) is 6.46. The lowest BCUT2D eigenvalue weighted by atomic mass is 10.1. The van der Waals surface area contributed by atoms with E-state index in [1.54, 1.807) is 20.3 Å². The smallest absolute Gasteiger partial charge is 0.197 e. The molecule has 0 aliphatic rings. The van der Waals surface area contributed by atoms with Crippen molar-refractivity contribution in [3.05, 3.63) is 124 Å². The Hall–Kier alpha value is -5.01. The summed E-state index contributed by atoms with van der Waals surface area (Å²) in [5.74, 6) is 3.03. The van der Waals surface area contributed by atoms with Gasteiger partial charge in [-0.25, -0.2) is 0 Å². The van der Waals surface area contributed by atoms with E-state index in [1.165, 1.54) is 50.2 Å². The van der Waals surface area contributed by atoms with E-state index < -0.39 is 0 Å². The molecule has 0 amide bonds. The van der Waals surface area contributed by atoms with Crippen LogP contribution in [0.5, 0.6) is 17.2 Å². The topological polar surface area (TPSA) is 80.3 Å². The monoisotopic (exact) mass is 688 g/mol. The van der Waals surface area contributed by atoms with E-state index in [2.05, 4.69) is 24.3 Å². The number of hydrogen-bond donors (Lipinski definition) is 0. The van der Waals surface area contributed by atoms with E-state index in [4.69, 9.17) is 27.8 Å². The van der Waals surface area contributed by atoms with Crippen LogP contribution < -0.4 is 19.6 Å². The van der Waals surface area contributed by atoms with Gasteiger partial charge in [-0.2, -0.15) is 0 Å². The van der Waals surface area contributed by atoms with Crippen molar-refractivity contribution in [2.75, 3.05) is 20.8 Å². The first-order chi connectivity index (χ1) is 25.1. The summed E-state index contributed by atoms with van der Waals surface area (Å²) in [6, 6.07) is 31.1. The van der Waals surface area contributed by atoms with Crippen LogP contribution >= 0.6 is 0 Å². The van der Waals surface area contributed by atoms with Crippen molar-refractivity contribution < 1.29 is 27.8 Å². The summed E-state index contributed by atoms with van der Waals surface area (Å²) in [6.07, 6.45) is 11.6. The van der Waals surface area contributed by atoms with Gasteiger partial charge >= 0.3 is 0 Å². The number of aryl methyl sites for hydroxylation is 1. The van der Waals surface area contributed by atoms with Crippen molar-refractivity contribution in [1.29, 1.82) is 0 Å². The normalized spacial score (nSPS) is 11.3. The molecule has 0 saturated carbocycles. The second kappa shape index (κ2) is 18.3. The Morgan fingerprint density at radius 2 is 1.24 bits per heavy atom. The van der Waals surface area contributed by atoms with Crippen molar-refractivity contribution in [3.8, 4) is 28.6 Å². The number of furan rings is 1. The van der Waals surface area contributed by atoms with Crippen molar-refractivity contribution in [3.63, 3.8) is 0 Å². The molecule has 4 aromatic carbocycles. The quantitative estimate of drug-likeness (QED) is 0.0738. The molecule has 0 N–H and O–H groups in total. The molecular formula is C44H48O7. The average molecular weight is 689 g/mol. The number of unbranched alkanes of at least 4 members (excludes halogenated alkanes) is 8. The first-order valence-corrected chi connectivity index (χ1v) is 18.2. The molecule has 0 atom stereocenters. The molecule has 0 spiro atoms. The fraction of sp³-hybridized carbons (Fsp3) is 0.341. The summed E-state index contributed by atoms with van der Waals surface area (Å²) in [5, 5.41) is 1.20. The molecule has 0 radical (unpaired) electrons. The first kappa shape index (κ1) is 35.8. The molecule has 0 fully saturated rings. The summed E-state index contributed by atoms with van der Waals surface area (Å²) in [5.41, 5.74) is 3.72. The van der Waals surface area contributed by atoms with Crippen molar-refractivity contribution in [2.45, 2.75) is 77.4 Å². The number of methoxy groups -OCH3 is 2. The Balaban J connectivity index is 0.998. The van der Waals surface area contributed by atoms with Crippen LogP contribution in [0.4, 0.5) is 0 Å². The van der Waals surface area contributed by atoms with Gasteiger partial charge in [0.2, 0.25) is 0 Å². The van der Waals surface area contributed by atoms with Crippen LogP contribution in [0, 0.1) is 0 Å². The third kappa shape index (κ3) is 9.62. The van der Waals surface area contributed by atoms with Gasteiger partial charge in [0, 0.05) is 30.7 Å². The van der Waals surface area contributed by atoms with Crippen LogP contribution in [0.25, 0.3) is 33.3 Å². The number of hydrogen-bond acceptors (Lipinski definition) is 7. The van der Waals surface area contributed by atoms with Crippen LogP contribution in [0.15, 0.2) is 111 Å². The third-order valence-corrected chi connectivity index (χ3v) is 9.24. The van der Waals surface area contributed by atoms with E-state index >= 15 is 0 Å². The average Bonchev–Trinajstić information content (AvgIpc) is 3.60. The van der Waals surface area contributed by atoms with E-state index in [1.807, 2.05) is 60.7 Å². The molecule has 2 aromatic heterocycles. The molecule has 7 heteroatoms. The number of ether oxygens (including phenoxy) is 4. The largest absolute Gasteiger partial charge is 0.496 e. The van der Waals surface area contributed by atoms with Gasteiger partial charge in [0.25, 0.3) is 0 Å². The van der Waals surface area contributed by atoms with Crippen LogP contribution in [0.2, 0.25) is 0 Å². The Morgan fingerprint density at radius 1 is 0.588 bits per heavy atom. The summed E-state index contributed by atoms with van der Waals surface area (Å²) >= 11 is 0. The van der Waals surface area contributed by atoms with Crippen LogP contribution in [0.3, 0.4) is 0 Å². The molecule has 2 heterocycles. The molecule has 7 nitrogen and oxygen atoms in total. The lowest BCUT2D eigenvalue weighted by Crippen LogP contribution is -2.02. The predicted molar refractivity (Wildman–Crippen MR) is 203 cm³/mol. The van der Waals surface area contributed by atoms with Crippen LogP contribution in [-0.2, 0) is 24.4 Å². The number of fused-ring (bicyclic) bond motifs is 3. The molecule has 0 aliphatic heterocycles. The van der Waals surface area contributed by atoms with E-state index in [0.717, 1.165) is 49.0 Å². The maximum absolute atomic E-state index is 13.6. The maximum atomic E-state index is 13.6. The minimum Gasteiger partial charge on any atom is -0.496 e. The highest BCUT2D eigenvalue weighted by Gasteiger charge is 2.19. The van der Waals surface area contributed by atoms with Gasteiger partial charge in [0.15, 0.2) is 22.5 Å². The Kier molecular flexibility index (Phi) is 12.8. The molecule has 266 valence electrons. The fourth-order valence-corrected chi connectivity index (χ4v) is 6.46. The standard InChI is InChI=1S/C44H48O7/c1-46-40-29-42-43(37(45)28-39(51-42)34-23-24-38(41(26-34)47-2)49-31-33-20-14-11-15-21-33)44-36(40)27-35(50-44)22-16-8-6-4-3-5-7-9-17-25-48-30-32-18-12-10-13-19-32/h10-15,18-21,23-24,26-29H,3-9,16-17,22,25,30-31H2,1-2H3. The second-order valence-electron chi connectivity index (χ2n) is 13.0. The zero-order valence-corrected chi connectivity index (χ0v) is 29.8. The predicted octanol–water partition coefficient (Wildman–Crippen LogP) is 11.1. The first-order valence-electron chi connectivity index (χ1n) is 18.2. The summed E-state index contributed by atoms with van der Waals surface area (Å²) in [6.45, 7) is 1.95. The van der Waals surface area contributed by atoms with Gasteiger partial charge in [-0.15, -0.1) is 0 Å². The summed E-state index contributed by atoms with van der Waals surface area (Å²) in [7, 11) is 3.21. The molecule has 51 heavy (non-hydrogen) atoms. The van der Waals surface area contributed by atoms with E-state index in [-0.39, 0.29) is 5.43 Å². The van der Waals surface area contributed by atoms with E-state index in [0.29, 0.717) is 58.3 Å². The Morgan fingerprint density at radius 3 is 1.92 bits per heavy atom. The second-order valence-corrected chi connectivity index (χ2v) is 13.0. The highest BCUT2D eigenvalue weighted by molar-refractivity contribution is 6.05. The zero-order chi connectivity index (χ0) is 35.3. The summed E-state index contributed by atoms with van der Waals surface area (Å²) in [4.78, 5) is 13.6. The van der Waals surface area contributed by atoms with Gasteiger partial charge in [-0.3, -0.25) is 4.79 Å². The Labute approximate surface area is 300 Å². The zero-order valence-electron chi connectivity index (χ0n) is 29.8. The molecule has 6 aromatic rings. The number of benzene rings is 4. The maximum Gasteiger partial charge on any atom is 0.197 e. The van der Waals surface area contributed by atoms with Crippen molar-refractivity contribution in [2.24, 2.45) is 0 Å². The lowest BCUT2D eigenvalue weighted by Gasteiger charge is -2.12. The van der Waals surface area contributed by atoms with Crippen LogP contribution in [0.1, 0.15) is 74.7 Å². The Bertz CT molecular complexity index is 2030. The van der Waals surface area contributed by atoms with Gasteiger partial charge in [-0.1, -0.05) is 106 Å². The minimum atomic E-state index is -0.178. The van der Waals surface area contributed by atoms with E-state index in [9.17, 15) is 4.79 Å². The summed E-state index contributed by atoms with van der Waals surface area (Å²) < 4.78 is 35.8.